The van der Waals surface area contributed by atoms with E-state index in [9.17, 15) is 4.79 Å². The maximum Gasteiger partial charge on any atom is 0.246 e. The molecule has 0 radical (unpaired) electrons. The van der Waals surface area contributed by atoms with Gasteiger partial charge in [-0.05, 0) is 29.5 Å². The highest BCUT2D eigenvalue weighted by Gasteiger charge is 2.19. The van der Waals surface area contributed by atoms with Crippen LogP contribution in [-0.4, -0.2) is 48.6 Å². The minimum absolute atomic E-state index is 0.0924. The lowest BCUT2D eigenvalue weighted by Crippen LogP contribution is -2.47. The number of carbonyl (C=O) groups is 1. The second kappa shape index (κ2) is 9.11. The van der Waals surface area contributed by atoms with E-state index in [1.54, 1.807) is 6.08 Å². The minimum atomic E-state index is 0.0924. The Morgan fingerprint density at radius 3 is 2.27 bits per heavy atom. The van der Waals surface area contributed by atoms with Crippen molar-refractivity contribution >= 4 is 18.7 Å². The molecule has 1 heterocycles. The summed E-state index contributed by atoms with van der Waals surface area (Å²) in [5, 5.41) is 0. The molecule has 1 aliphatic rings. The fraction of sp³-hybridized carbons (Fsp3) is 0.273. The molecule has 0 N–H and O–H groups in total. The highest BCUT2D eigenvalue weighted by molar-refractivity contribution is 5.91. The molecule has 134 valence electrons. The molecule has 0 unspecified atom stereocenters. The Labute approximate surface area is 155 Å². The zero-order chi connectivity index (χ0) is 18.2. The summed E-state index contributed by atoms with van der Waals surface area (Å²) in [6, 6.07) is 18.4. The third kappa shape index (κ3) is 5.14. The molecule has 1 amide bonds. The molecule has 2 aromatic carbocycles. The molecular formula is C22H25N3O. The van der Waals surface area contributed by atoms with Crippen LogP contribution in [-0.2, 0) is 17.9 Å². The van der Waals surface area contributed by atoms with E-state index in [0.717, 1.165) is 38.3 Å². The van der Waals surface area contributed by atoms with Crippen molar-refractivity contribution in [1.82, 2.24) is 9.80 Å². The van der Waals surface area contributed by atoms with Crippen molar-refractivity contribution < 1.29 is 4.79 Å². The fourth-order valence-corrected chi connectivity index (χ4v) is 3.10. The Hall–Kier alpha value is -2.72. The lowest BCUT2D eigenvalue weighted by molar-refractivity contribution is -0.127. The van der Waals surface area contributed by atoms with E-state index >= 15 is 0 Å². The van der Waals surface area contributed by atoms with Crippen molar-refractivity contribution in [3.05, 3.63) is 77.4 Å². The molecule has 1 aliphatic heterocycles. The number of carbonyl (C=O) groups excluding carboxylic acids is 1. The van der Waals surface area contributed by atoms with Gasteiger partial charge < -0.3 is 4.90 Å². The first-order valence-corrected chi connectivity index (χ1v) is 8.99. The Morgan fingerprint density at radius 1 is 0.962 bits per heavy atom. The molecule has 0 aromatic heterocycles. The summed E-state index contributed by atoms with van der Waals surface area (Å²) in [5.74, 6) is 0.0924. The maximum atomic E-state index is 12.3. The molecule has 3 rings (SSSR count). The number of hydrogen-bond acceptors (Lipinski definition) is 3. The van der Waals surface area contributed by atoms with Crippen molar-refractivity contribution in [2.24, 2.45) is 4.99 Å². The van der Waals surface area contributed by atoms with E-state index in [-0.39, 0.29) is 5.91 Å². The van der Waals surface area contributed by atoms with Crippen LogP contribution < -0.4 is 0 Å². The Kier molecular flexibility index (Phi) is 6.34. The van der Waals surface area contributed by atoms with Gasteiger partial charge in [0.2, 0.25) is 5.91 Å². The van der Waals surface area contributed by atoms with Crippen molar-refractivity contribution in [2.75, 3.05) is 26.2 Å². The average molecular weight is 347 g/mol. The van der Waals surface area contributed by atoms with Gasteiger partial charge in [-0.25, -0.2) is 0 Å². The zero-order valence-electron chi connectivity index (χ0n) is 15.1. The summed E-state index contributed by atoms with van der Waals surface area (Å²) in [7, 11) is 0. The summed E-state index contributed by atoms with van der Waals surface area (Å²) in [6.07, 6.45) is 3.56. The van der Waals surface area contributed by atoms with Crippen LogP contribution in [0.5, 0.6) is 0 Å². The summed E-state index contributed by atoms with van der Waals surface area (Å²) < 4.78 is 0. The summed E-state index contributed by atoms with van der Waals surface area (Å²) in [6.45, 7) is 8.47. The van der Waals surface area contributed by atoms with Crippen molar-refractivity contribution in [3.8, 4) is 0 Å². The highest BCUT2D eigenvalue weighted by Crippen LogP contribution is 2.11. The first-order valence-electron chi connectivity index (χ1n) is 8.99. The number of benzene rings is 2. The maximum absolute atomic E-state index is 12.3. The molecule has 0 aliphatic carbocycles. The molecule has 1 saturated heterocycles. The molecule has 2 aromatic rings. The quantitative estimate of drug-likeness (QED) is 0.594. The number of piperazine rings is 1. The van der Waals surface area contributed by atoms with E-state index in [0.29, 0.717) is 6.54 Å². The average Bonchev–Trinajstić information content (AvgIpc) is 2.69. The van der Waals surface area contributed by atoms with E-state index in [1.807, 2.05) is 41.3 Å². The first-order chi connectivity index (χ1) is 12.7. The van der Waals surface area contributed by atoms with Gasteiger partial charge in [-0.15, -0.1) is 0 Å². The van der Waals surface area contributed by atoms with Crippen LogP contribution in [0.2, 0.25) is 0 Å². The standard InChI is InChI=1S/C22H25N3O/c1-23-17-20-7-9-21(10-8-20)18-24-13-15-25(16-14-24)22(26)12-11-19-5-3-2-4-6-19/h2-12H,1,13-18H2/b12-11+. The van der Waals surface area contributed by atoms with Crippen LogP contribution in [0.1, 0.15) is 16.7 Å². The van der Waals surface area contributed by atoms with Crippen LogP contribution in [0.25, 0.3) is 6.08 Å². The third-order valence-electron chi connectivity index (χ3n) is 4.63. The van der Waals surface area contributed by atoms with Crippen LogP contribution in [0, 0.1) is 0 Å². The van der Waals surface area contributed by atoms with Gasteiger partial charge in [0.15, 0.2) is 0 Å². The van der Waals surface area contributed by atoms with E-state index in [2.05, 4.69) is 40.9 Å². The summed E-state index contributed by atoms with van der Waals surface area (Å²) in [5.41, 5.74) is 3.53. The van der Waals surface area contributed by atoms with Gasteiger partial charge in [-0.2, -0.15) is 0 Å². The number of aliphatic imine (C=N–C) groups is 1. The predicted octanol–water partition coefficient (Wildman–Crippen LogP) is 3.24. The lowest BCUT2D eigenvalue weighted by atomic mass is 10.1. The van der Waals surface area contributed by atoms with Gasteiger partial charge >= 0.3 is 0 Å². The smallest absolute Gasteiger partial charge is 0.246 e. The molecule has 0 bridgehead atoms. The fourth-order valence-electron chi connectivity index (χ4n) is 3.10. The van der Waals surface area contributed by atoms with Crippen molar-refractivity contribution in [1.29, 1.82) is 0 Å². The van der Waals surface area contributed by atoms with Gasteiger partial charge in [0.05, 0.1) is 6.54 Å². The molecule has 26 heavy (non-hydrogen) atoms. The van der Waals surface area contributed by atoms with Gasteiger partial charge in [0.1, 0.15) is 0 Å². The molecule has 4 heteroatoms. The number of rotatable bonds is 6. The normalized spacial score (nSPS) is 15.3. The van der Waals surface area contributed by atoms with E-state index in [1.165, 1.54) is 11.1 Å². The Morgan fingerprint density at radius 2 is 1.62 bits per heavy atom. The van der Waals surface area contributed by atoms with Crippen LogP contribution >= 0.6 is 0 Å². The first kappa shape index (κ1) is 18.1. The Bertz CT molecular complexity index is 745. The predicted molar refractivity (Wildman–Crippen MR) is 107 cm³/mol. The number of amides is 1. The molecule has 0 saturated carbocycles. The van der Waals surface area contributed by atoms with E-state index < -0.39 is 0 Å². The Balaban J connectivity index is 1.47. The number of nitrogens with zero attached hydrogens (tertiary/aromatic N) is 3. The zero-order valence-corrected chi connectivity index (χ0v) is 15.1. The monoisotopic (exact) mass is 347 g/mol. The van der Waals surface area contributed by atoms with Crippen LogP contribution in [0.15, 0.2) is 65.7 Å². The SMILES string of the molecule is C=NCc1ccc(CN2CCN(C(=O)/C=C/c3ccccc3)CC2)cc1. The minimum Gasteiger partial charge on any atom is -0.337 e. The van der Waals surface area contributed by atoms with Gasteiger partial charge in [0, 0.05) is 38.8 Å². The van der Waals surface area contributed by atoms with Gasteiger partial charge in [-0.1, -0.05) is 54.6 Å². The lowest BCUT2D eigenvalue weighted by Gasteiger charge is -2.34. The topological polar surface area (TPSA) is 35.9 Å². The van der Waals surface area contributed by atoms with Gasteiger partial charge in [-0.3, -0.25) is 14.7 Å². The largest absolute Gasteiger partial charge is 0.337 e. The molecule has 0 spiro atoms. The summed E-state index contributed by atoms with van der Waals surface area (Å²) >= 11 is 0. The van der Waals surface area contributed by atoms with Crippen LogP contribution in [0.3, 0.4) is 0 Å². The molecule has 4 nitrogen and oxygen atoms in total. The third-order valence-corrected chi connectivity index (χ3v) is 4.63. The molecular weight excluding hydrogens is 322 g/mol. The second-order valence-electron chi connectivity index (χ2n) is 6.54. The summed E-state index contributed by atoms with van der Waals surface area (Å²) in [4.78, 5) is 20.6. The number of hydrogen-bond donors (Lipinski definition) is 0. The van der Waals surface area contributed by atoms with E-state index in [4.69, 9.17) is 0 Å². The van der Waals surface area contributed by atoms with Crippen molar-refractivity contribution in [2.45, 2.75) is 13.1 Å². The highest BCUT2D eigenvalue weighted by atomic mass is 16.2. The van der Waals surface area contributed by atoms with Gasteiger partial charge in [0.25, 0.3) is 0 Å². The second-order valence-corrected chi connectivity index (χ2v) is 6.54. The molecule has 0 atom stereocenters. The van der Waals surface area contributed by atoms with Crippen molar-refractivity contribution in [3.63, 3.8) is 0 Å². The molecule has 1 fully saturated rings. The van der Waals surface area contributed by atoms with Crippen LogP contribution in [0.4, 0.5) is 0 Å².